The van der Waals surface area contributed by atoms with Gasteiger partial charge in [-0.15, -0.1) is 0 Å². The van der Waals surface area contributed by atoms with E-state index in [1.165, 1.54) is 23.6 Å². The Morgan fingerprint density at radius 2 is 1.74 bits per heavy atom. The lowest BCUT2D eigenvalue weighted by molar-refractivity contribution is 0.0995. The summed E-state index contributed by atoms with van der Waals surface area (Å²) in [6.45, 7) is 0. The summed E-state index contributed by atoms with van der Waals surface area (Å²) < 4.78 is 5.39. The van der Waals surface area contributed by atoms with Crippen LogP contribution >= 0.6 is 0 Å². The van der Waals surface area contributed by atoms with Crippen molar-refractivity contribution in [2.45, 2.75) is 19.3 Å². The number of carbonyl (C=O) groups is 1. The number of anilines is 1. The number of hydrogen-bond acceptors (Lipinski definition) is 8. The van der Waals surface area contributed by atoms with Gasteiger partial charge >= 0.3 is 0 Å². The molecule has 1 aliphatic carbocycles. The van der Waals surface area contributed by atoms with E-state index in [0.717, 1.165) is 46.9 Å². The summed E-state index contributed by atoms with van der Waals surface area (Å²) in [6.07, 6.45) is 12.0. The van der Waals surface area contributed by atoms with Crippen LogP contribution < -0.4 is 11.5 Å². The van der Waals surface area contributed by atoms with Crippen LogP contribution in [0.25, 0.3) is 39.7 Å². The largest absolute Gasteiger partial charge is 0.383 e. The maximum Gasteiger partial charge on any atom is 0.267 e. The number of hydrogen-bond donors (Lipinski definition) is 2. The van der Waals surface area contributed by atoms with Gasteiger partial charge in [-0.1, -0.05) is 6.07 Å². The van der Waals surface area contributed by atoms with Gasteiger partial charge in [-0.3, -0.25) is 9.36 Å². The number of rotatable bonds is 4. The van der Waals surface area contributed by atoms with Crippen LogP contribution in [0.3, 0.4) is 0 Å². The first-order chi connectivity index (χ1) is 20.5. The smallest absolute Gasteiger partial charge is 0.267 e. The second kappa shape index (κ2) is 10.2. The molecule has 12 heteroatoms. The van der Waals surface area contributed by atoms with Crippen LogP contribution in [0.5, 0.6) is 0 Å². The standard InChI is InChI=1S/C23H19N7.C7H6N4O/c24-21-18(6-2-11-25-21)22-27-19-9-10-20(29-13-3-12-26-29)28-23(19)30(22)17-8-7-15-4-1-5-16(15)14-17;8-7(12)5-2-4-11-6(10-5)1-3-9-11/h2-3,6-14H,1,4-5H2,(H2,24,25);1-4H,(H2,8,12). The van der Waals surface area contributed by atoms with Gasteiger partial charge in [0.05, 0.1) is 11.8 Å². The van der Waals surface area contributed by atoms with Crippen molar-refractivity contribution in [2.75, 3.05) is 5.73 Å². The molecule has 1 amide bonds. The van der Waals surface area contributed by atoms with Crippen molar-refractivity contribution in [3.05, 3.63) is 108 Å². The predicted molar refractivity (Wildman–Crippen MR) is 157 cm³/mol. The molecule has 0 atom stereocenters. The van der Waals surface area contributed by atoms with E-state index < -0.39 is 5.91 Å². The highest BCUT2D eigenvalue weighted by Gasteiger charge is 2.20. The number of nitrogen functional groups attached to an aromatic ring is 1. The van der Waals surface area contributed by atoms with Crippen LogP contribution in [0.2, 0.25) is 0 Å². The van der Waals surface area contributed by atoms with E-state index in [-0.39, 0.29) is 5.69 Å². The van der Waals surface area contributed by atoms with Gasteiger partial charge in [0.2, 0.25) is 0 Å². The molecule has 42 heavy (non-hydrogen) atoms. The number of carbonyl (C=O) groups excluding carboxylic acids is 1. The third kappa shape index (κ3) is 4.50. The monoisotopic (exact) mass is 555 g/mol. The minimum Gasteiger partial charge on any atom is -0.383 e. The Morgan fingerprint density at radius 1 is 0.833 bits per heavy atom. The molecule has 0 unspecified atom stereocenters. The van der Waals surface area contributed by atoms with E-state index in [1.807, 2.05) is 36.5 Å². The van der Waals surface area contributed by atoms with Gasteiger partial charge in [0.15, 0.2) is 22.9 Å². The summed E-state index contributed by atoms with van der Waals surface area (Å²) >= 11 is 0. The molecular weight excluding hydrogens is 530 g/mol. The zero-order chi connectivity index (χ0) is 28.6. The molecule has 0 saturated heterocycles. The maximum atomic E-state index is 10.7. The van der Waals surface area contributed by atoms with Crippen molar-refractivity contribution in [2.24, 2.45) is 5.73 Å². The average molecular weight is 556 g/mol. The SMILES string of the molecule is NC(=O)c1ccn2nccc2n1.Nc1ncccc1-c1nc2ccc(-n3cccn3)nc2n1-c1ccc2c(c1)CCC2. The van der Waals surface area contributed by atoms with Crippen LogP contribution in [-0.2, 0) is 12.8 Å². The minimum absolute atomic E-state index is 0.253. The highest BCUT2D eigenvalue weighted by Crippen LogP contribution is 2.32. The second-order valence-electron chi connectivity index (χ2n) is 9.79. The molecule has 0 fully saturated rings. The quantitative estimate of drug-likeness (QED) is 0.333. The van der Waals surface area contributed by atoms with Crippen molar-refractivity contribution >= 4 is 28.5 Å². The van der Waals surface area contributed by atoms with E-state index in [0.29, 0.717) is 11.5 Å². The second-order valence-corrected chi connectivity index (χ2v) is 9.79. The normalized spacial score (nSPS) is 12.3. The average Bonchev–Trinajstić information content (AvgIpc) is 3.82. The Bertz CT molecular complexity index is 2070. The minimum atomic E-state index is -0.529. The molecule has 8 rings (SSSR count). The predicted octanol–water partition coefficient (Wildman–Crippen LogP) is 3.57. The molecule has 1 aromatic carbocycles. The zero-order valence-electron chi connectivity index (χ0n) is 22.4. The van der Waals surface area contributed by atoms with Gasteiger partial charge < -0.3 is 11.5 Å². The van der Waals surface area contributed by atoms with Gasteiger partial charge in [-0.2, -0.15) is 10.2 Å². The summed E-state index contributed by atoms with van der Waals surface area (Å²) in [5.74, 6) is 1.39. The molecular formula is C30H25N11O. The molecule has 1 aliphatic rings. The topological polar surface area (TPSA) is 161 Å². The number of aromatic nitrogens is 9. The molecule has 12 nitrogen and oxygen atoms in total. The first kappa shape index (κ1) is 25.1. The van der Waals surface area contributed by atoms with Crippen LogP contribution in [-0.4, -0.2) is 49.8 Å². The molecule has 206 valence electrons. The number of benzene rings is 1. The molecule has 4 N–H and O–H groups in total. The van der Waals surface area contributed by atoms with Crippen LogP contribution in [0, 0.1) is 0 Å². The zero-order valence-corrected chi connectivity index (χ0v) is 22.4. The third-order valence-electron chi connectivity index (χ3n) is 7.16. The summed E-state index contributed by atoms with van der Waals surface area (Å²) in [7, 11) is 0. The van der Waals surface area contributed by atoms with E-state index >= 15 is 0 Å². The van der Waals surface area contributed by atoms with Gasteiger partial charge in [0, 0.05) is 36.5 Å². The summed E-state index contributed by atoms with van der Waals surface area (Å²) in [6, 6.07) is 19.4. The van der Waals surface area contributed by atoms with E-state index in [4.69, 9.17) is 21.4 Å². The fraction of sp³-hybridized carbons (Fsp3) is 0.100. The molecule has 0 aliphatic heterocycles. The first-order valence-corrected chi connectivity index (χ1v) is 13.4. The van der Waals surface area contributed by atoms with Gasteiger partial charge in [-0.25, -0.2) is 29.1 Å². The van der Waals surface area contributed by atoms with Gasteiger partial charge in [-0.05, 0) is 78.9 Å². The summed E-state index contributed by atoms with van der Waals surface area (Å²) in [5.41, 5.74) is 18.3. The fourth-order valence-electron chi connectivity index (χ4n) is 5.16. The highest BCUT2D eigenvalue weighted by atomic mass is 16.1. The number of fused-ring (bicyclic) bond motifs is 3. The Hall–Kier alpha value is -5.91. The lowest BCUT2D eigenvalue weighted by Gasteiger charge is -2.12. The lowest BCUT2D eigenvalue weighted by atomic mass is 10.1. The number of pyridine rings is 2. The van der Waals surface area contributed by atoms with E-state index in [1.54, 1.807) is 40.1 Å². The van der Waals surface area contributed by atoms with Crippen LogP contribution in [0.4, 0.5) is 5.82 Å². The molecule has 7 aromatic rings. The van der Waals surface area contributed by atoms with Crippen LogP contribution in [0.15, 0.2) is 91.6 Å². The molecule has 6 heterocycles. The molecule has 0 spiro atoms. The Morgan fingerprint density at radius 3 is 2.57 bits per heavy atom. The summed E-state index contributed by atoms with van der Waals surface area (Å²) in [5, 5.41) is 8.24. The van der Waals surface area contributed by atoms with Crippen molar-refractivity contribution in [1.29, 1.82) is 0 Å². The number of nitrogens with zero attached hydrogens (tertiary/aromatic N) is 9. The van der Waals surface area contributed by atoms with Crippen LogP contribution in [0.1, 0.15) is 28.0 Å². The molecule has 0 radical (unpaired) electrons. The van der Waals surface area contributed by atoms with Crippen molar-refractivity contribution in [1.82, 2.24) is 43.9 Å². The molecule has 6 aromatic heterocycles. The fourth-order valence-corrected chi connectivity index (χ4v) is 5.16. The van der Waals surface area contributed by atoms with E-state index in [2.05, 4.69) is 42.9 Å². The molecule has 0 saturated carbocycles. The number of primary amides is 1. The Kier molecular flexibility index (Phi) is 6.12. The Labute approximate surface area is 239 Å². The van der Waals surface area contributed by atoms with Crippen molar-refractivity contribution < 1.29 is 4.79 Å². The van der Waals surface area contributed by atoms with E-state index in [9.17, 15) is 4.79 Å². The highest BCUT2D eigenvalue weighted by molar-refractivity contribution is 5.91. The summed E-state index contributed by atoms with van der Waals surface area (Å²) in [4.78, 5) is 28.7. The number of imidazole rings is 1. The first-order valence-electron chi connectivity index (χ1n) is 13.4. The van der Waals surface area contributed by atoms with Crippen molar-refractivity contribution in [3.63, 3.8) is 0 Å². The van der Waals surface area contributed by atoms with Gasteiger partial charge in [0.1, 0.15) is 17.0 Å². The number of amides is 1. The third-order valence-corrected chi connectivity index (χ3v) is 7.16. The van der Waals surface area contributed by atoms with Gasteiger partial charge in [0.25, 0.3) is 5.91 Å². The number of nitrogens with two attached hydrogens (primary N) is 2. The maximum absolute atomic E-state index is 10.7. The number of aryl methyl sites for hydroxylation is 2. The van der Waals surface area contributed by atoms with Crippen molar-refractivity contribution in [3.8, 4) is 22.9 Å². The Balaban J connectivity index is 0.000000201. The molecule has 0 bridgehead atoms. The lowest BCUT2D eigenvalue weighted by Crippen LogP contribution is -2.13.